The minimum atomic E-state index is 0.0274. The monoisotopic (exact) mass is 404 g/mol. The van der Waals surface area contributed by atoms with Gasteiger partial charge < -0.3 is 0 Å². The first-order valence-electron chi connectivity index (χ1n) is 11.9. The molecule has 0 saturated heterocycles. The smallest absolute Gasteiger partial charge is 0.193 e. The average Bonchev–Trinajstić information content (AvgIpc) is 3.59. The Balaban J connectivity index is 1.82. The van der Waals surface area contributed by atoms with Gasteiger partial charge in [-0.05, 0) is 78.4 Å². The highest BCUT2D eigenvalue weighted by Crippen LogP contribution is 2.45. The van der Waals surface area contributed by atoms with E-state index in [1.165, 1.54) is 25.7 Å². The minimum Gasteiger partial charge on any atom is -0.289 e. The van der Waals surface area contributed by atoms with Gasteiger partial charge in [-0.25, -0.2) is 0 Å². The maximum absolute atomic E-state index is 13.2. The van der Waals surface area contributed by atoms with Crippen LogP contribution in [0, 0.1) is 41.4 Å². The van der Waals surface area contributed by atoms with Crippen LogP contribution in [-0.4, -0.2) is 11.6 Å². The van der Waals surface area contributed by atoms with E-state index in [2.05, 4.69) is 65.5 Å². The molecule has 4 aliphatic carbocycles. The van der Waals surface area contributed by atoms with E-state index >= 15 is 0 Å². The highest BCUT2D eigenvalue weighted by atomic mass is 16.1. The molecule has 0 aromatic heterocycles. The molecular weight excluding hydrogens is 368 g/mol. The van der Waals surface area contributed by atoms with Crippen molar-refractivity contribution < 1.29 is 9.59 Å². The van der Waals surface area contributed by atoms with Crippen LogP contribution in [0.25, 0.3) is 0 Å². The van der Waals surface area contributed by atoms with E-state index in [1.54, 1.807) is 0 Å². The Bertz CT molecular complexity index is 922. The quantitative estimate of drug-likeness (QED) is 0.460. The number of carbonyl (C=O) groups excluding carboxylic acids is 2. The summed E-state index contributed by atoms with van der Waals surface area (Å²) in [5.74, 6) is 2.68. The molecule has 2 nitrogen and oxygen atoms in total. The van der Waals surface area contributed by atoms with Gasteiger partial charge in [-0.1, -0.05) is 53.7 Å². The second-order valence-corrected chi connectivity index (χ2v) is 10.6. The summed E-state index contributed by atoms with van der Waals surface area (Å²) in [6.07, 6.45) is 11.3. The fourth-order valence-electron chi connectivity index (χ4n) is 4.99. The van der Waals surface area contributed by atoms with Crippen molar-refractivity contribution in [3.8, 4) is 0 Å². The third kappa shape index (κ3) is 4.00. The van der Waals surface area contributed by atoms with Crippen molar-refractivity contribution in [3.63, 3.8) is 0 Å². The molecule has 0 bridgehead atoms. The lowest BCUT2D eigenvalue weighted by Gasteiger charge is -2.27. The normalized spacial score (nSPS) is 26.8. The molecule has 0 heterocycles. The minimum absolute atomic E-state index is 0.0274. The molecule has 160 valence electrons. The van der Waals surface area contributed by atoms with Crippen molar-refractivity contribution >= 4 is 11.6 Å². The van der Waals surface area contributed by atoms with Crippen molar-refractivity contribution in [2.45, 2.75) is 67.2 Å². The fourth-order valence-corrected chi connectivity index (χ4v) is 4.99. The zero-order valence-electron chi connectivity index (χ0n) is 19.4. The van der Waals surface area contributed by atoms with Crippen molar-refractivity contribution in [1.82, 2.24) is 0 Å². The molecular formula is C28H36O2. The van der Waals surface area contributed by atoms with Crippen LogP contribution in [0.4, 0.5) is 0 Å². The molecule has 0 radical (unpaired) electrons. The molecule has 0 spiro atoms. The Hall–Kier alpha value is -1.92. The Labute approximate surface area is 181 Å². The second-order valence-electron chi connectivity index (χ2n) is 10.6. The van der Waals surface area contributed by atoms with Gasteiger partial charge in [0, 0.05) is 22.6 Å². The standard InChI is InChI=1S/C28H36O2/c1-15(2)23-11-21(13-25(27(23)29)17(5)19-7-8-19)22-12-24(16(3)4)28(30)26(14-22)18(6)20-9-10-20/h11-13,15-21H,7-10H2,1-6H3/t17-,18-,21?/m1/s1. The van der Waals surface area contributed by atoms with Crippen LogP contribution in [0.15, 0.2) is 51.8 Å². The molecule has 2 fully saturated rings. The summed E-state index contributed by atoms with van der Waals surface area (Å²) in [5.41, 5.74) is 8.29. The van der Waals surface area contributed by atoms with Gasteiger partial charge in [0.25, 0.3) is 0 Å². The molecule has 3 atom stereocenters. The van der Waals surface area contributed by atoms with E-state index in [0.717, 1.165) is 27.9 Å². The van der Waals surface area contributed by atoms with E-state index in [4.69, 9.17) is 0 Å². The van der Waals surface area contributed by atoms with E-state index < -0.39 is 0 Å². The molecule has 4 rings (SSSR count). The predicted octanol–water partition coefficient (Wildman–Crippen LogP) is 6.40. The van der Waals surface area contributed by atoms with Gasteiger partial charge in [0.1, 0.15) is 0 Å². The number of allylic oxidation sites excluding steroid dienone is 7. The topological polar surface area (TPSA) is 34.1 Å². The second kappa shape index (κ2) is 7.97. The Morgan fingerprint density at radius 3 is 1.80 bits per heavy atom. The highest BCUT2D eigenvalue weighted by Gasteiger charge is 2.38. The van der Waals surface area contributed by atoms with Crippen LogP contribution in [0.2, 0.25) is 0 Å². The van der Waals surface area contributed by atoms with Crippen LogP contribution in [0.3, 0.4) is 0 Å². The number of ketones is 2. The molecule has 0 aliphatic heterocycles. The van der Waals surface area contributed by atoms with Crippen LogP contribution in [-0.2, 0) is 9.59 Å². The Morgan fingerprint density at radius 2 is 1.27 bits per heavy atom. The lowest BCUT2D eigenvalue weighted by Crippen LogP contribution is -2.24. The third-order valence-corrected chi connectivity index (χ3v) is 7.55. The Kier molecular flexibility index (Phi) is 5.66. The van der Waals surface area contributed by atoms with Gasteiger partial charge in [0.2, 0.25) is 0 Å². The predicted molar refractivity (Wildman–Crippen MR) is 122 cm³/mol. The third-order valence-electron chi connectivity index (χ3n) is 7.55. The number of Topliss-reactive ketones (excluding diaryl/α,β-unsaturated/α-hetero) is 2. The van der Waals surface area contributed by atoms with Crippen LogP contribution in [0.5, 0.6) is 0 Å². The number of carbonyl (C=O) groups is 2. The maximum atomic E-state index is 13.2. The molecule has 0 aromatic rings. The molecule has 0 amide bonds. The molecule has 1 unspecified atom stereocenters. The maximum Gasteiger partial charge on any atom is 0.193 e. The summed E-state index contributed by atoms with van der Waals surface area (Å²) >= 11 is 0. The average molecular weight is 405 g/mol. The van der Waals surface area contributed by atoms with E-state index in [0.29, 0.717) is 17.8 Å². The first kappa shape index (κ1) is 21.3. The first-order valence-corrected chi connectivity index (χ1v) is 11.9. The van der Waals surface area contributed by atoms with E-state index in [1.807, 2.05) is 0 Å². The molecule has 2 heteroatoms. The molecule has 0 aromatic carbocycles. The summed E-state index contributed by atoms with van der Waals surface area (Å²) in [6, 6.07) is 0. The molecule has 4 aliphatic rings. The summed E-state index contributed by atoms with van der Waals surface area (Å²) in [7, 11) is 0. The largest absolute Gasteiger partial charge is 0.289 e. The van der Waals surface area contributed by atoms with Crippen LogP contribution < -0.4 is 0 Å². The first-order chi connectivity index (χ1) is 14.2. The van der Waals surface area contributed by atoms with Gasteiger partial charge >= 0.3 is 0 Å². The van der Waals surface area contributed by atoms with Crippen molar-refractivity contribution in [2.24, 2.45) is 41.4 Å². The highest BCUT2D eigenvalue weighted by molar-refractivity contribution is 6.11. The van der Waals surface area contributed by atoms with Crippen LogP contribution in [0.1, 0.15) is 67.2 Å². The van der Waals surface area contributed by atoms with Crippen molar-refractivity contribution in [2.75, 3.05) is 0 Å². The lowest BCUT2D eigenvalue weighted by atomic mass is 9.75. The zero-order valence-corrected chi connectivity index (χ0v) is 19.4. The Morgan fingerprint density at radius 1 is 0.733 bits per heavy atom. The SMILES string of the molecule is CC(C)C1=CC(C2C=C(C(C)C)C(=O)C([C@H](C)C3CC3)=C2)=C=C([C@H](C)C2CC2)C1=O. The van der Waals surface area contributed by atoms with E-state index in [-0.39, 0.29) is 35.2 Å². The number of hydrogen-bond donors (Lipinski definition) is 0. The van der Waals surface area contributed by atoms with Crippen molar-refractivity contribution in [1.29, 1.82) is 0 Å². The van der Waals surface area contributed by atoms with Gasteiger partial charge in [-0.15, -0.1) is 5.73 Å². The summed E-state index contributed by atoms with van der Waals surface area (Å²) < 4.78 is 0. The van der Waals surface area contributed by atoms with E-state index in [9.17, 15) is 9.59 Å². The van der Waals surface area contributed by atoms with Gasteiger partial charge in [0.05, 0.1) is 0 Å². The lowest BCUT2D eigenvalue weighted by molar-refractivity contribution is -0.114. The van der Waals surface area contributed by atoms with Gasteiger partial charge in [0.15, 0.2) is 11.6 Å². The van der Waals surface area contributed by atoms with Crippen LogP contribution >= 0.6 is 0 Å². The molecule has 0 N–H and O–H groups in total. The summed E-state index contributed by atoms with van der Waals surface area (Å²) in [5, 5.41) is 0. The number of rotatable bonds is 7. The van der Waals surface area contributed by atoms with Gasteiger partial charge in [-0.2, -0.15) is 0 Å². The number of hydrogen-bond acceptors (Lipinski definition) is 2. The zero-order chi connectivity index (χ0) is 21.7. The molecule has 2 saturated carbocycles. The molecule has 30 heavy (non-hydrogen) atoms. The van der Waals surface area contributed by atoms with Crippen molar-refractivity contribution in [3.05, 3.63) is 51.8 Å². The summed E-state index contributed by atoms with van der Waals surface area (Å²) in [4.78, 5) is 26.4. The van der Waals surface area contributed by atoms with Gasteiger partial charge in [-0.3, -0.25) is 9.59 Å². The summed E-state index contributed by atoms with van der Waals surface area (Å²) in [6.45, 7) is 12.8. The fraction of sp³-hybridized carbons (Fsp3) is 0.607.